The zero-order chi connectivity index (χ0) is 27.5. The maximum atomic E-state index is 6.42. The van der Waals surface area contributed by atoms with Gasteiger partial charge in [0.15, 0.2) is 5.82 Å². The normalized spacial score (nSPS) is 16.1. The molecule has 2 aromatic heterocycles. The fourth-order valence-corrected chi connectivity index (χ4v) is 5.38. The van der Waals surface area contributed by atoms with E-state index in [0.717, 1.165) is 44.5 Å². The molecule has 0 aliphatic carbocycles. The molecule has 0 radical (unpaired) electrons. The van der Waals surface area contributed by atoms with Gasteiger partial charge in [-0.1, -0.05) is 91.0 Å². The third-order valence-electron chi connectivity index (χ3n) is 8.27. The van der Waals surface area contributed by atoms with E-state index in [4.69, 9.17) is 19.3 Å². The molecule has 5 nitrogen and oxygen atoms in total. The van der Waals surface area contributed by atoms with Gasteiger partial charge in [-0.2, -0.15) is 0 Å². The first-order chi connectivity index (χ1) is 19.3. The van der Waals surface area contributed by atoms with Crippen LogP contribution in [0.15, 0.2) is 109 Å². The van der Waals surface area contributed by atoms with Crippen LogP contribution in [0.2, 0.25) is 0 Å². The van der Waals surface area contributed by atoms with Crippen LogP contribution in [-0.2, 0) is 9.31 Å². The number of nitrogens with zero attached hydrogens (tertiary/aromatic N) is 3. The molecule has 1 aliphatic rings. The highest BCUT2D eigenvalue weighted by Gasteiger charge is 2.51. The Morgan fingerprint density at radius 2 is 1.20 bits per heavy atom. The van der Waals surface area contributed by atoms with Gasteiger partial charge in [0.2, 0.25) is 0 Å². The van der Waals surface area contributed by atoms with Crippen molar-refractivity contribution < 1.29 is 9.31 Å². The molecule has 6 heteroatoms. The zero-order valence-corrected chi connectivity index (χ0v) is 23.1. The van der Waals surface area contributed by atoms with Gasteiger partial charge in [0.05, 0.1) is 27.9 Å². The van der Waals surface area contributed by atoms with Gasteiger partial charge in [-0.15, -0.1) is 0 Å². The van der Waals surface area contributed by atoms with Gasteiger partial charge in [-0.3, -0.25) is 4.57 Å². The van der Waals surface area contributed by atoms with Gasteiger partial charge in [-0.05, 0) is 45.3 Å². The zero-order valence-electron chi connectivity index (χ0n) is 23.1. The van der Waals surface area contributed by atoms with Crippen LogP contribution < -0.4 is 5.46 Å². The Bertz CT molecular complexity index is 1790. The number of aromatic nitrogens is 3. The first kappa shape index (κ1) is 24.8. The monoisotopic (exact) mass is 523 g/mol. The molecular formula is C34H30BN3O2. The predicted molar refractivity (Wildman–Crippen MR) is 163 cm³/mol. The van der Waals surface area contributed by atoms with Crippen LogP contribution in [0.5, 0.6) is 0 Å². The fraction of sp³-hybridized carbons (Fsp3) is 0.176. The number of fused-ring (bicyclic) bond motifs is 3. The summed E-state index contributed by atoms with van der Waals surface area (Å²) >= 11 is 0. The van der Waals surface area contributed by atoms with Crippen LogP contribution in [-0.4, -0.2) is 32.9 Å². The van der Waals surface area contributed by atoms with Gasteiger partial charge in [0.1, 0.15) is 5.82 Å². The van der Waals surface area contributed by atoms with Crippen molar-refractivity contribution >= 4 is 34.4 Å². The van der Waals surface area contributed by atoms with E-state index in [1.807, 2.05) is 36.4 Å². The minimum Gasteiger partial charge on any atom is -0.399 e. The summed E-state index contributed by atoms with van der Waals surface area (Å²) in [6, 6.07) is 37.4. The van der Waals surface area contributed by atoms with E-state index in [1.54, 1.807) is 0 Å². The van der Waals surface area contributed by atoms with Gasteiger partial charge >= 0.3 is 7.12 Å². The van der Waals surface area contributed by atoms with Crippen LogP contribution in [0.1, 0.15) is 27.7 Å². The second-order valence-corrected chi connectivity index (χ2v) is 11.4. The minimum absolute atomic E-state index is 0.416. The van der Waals surface area contributed by atoms with Crippen LogP contribution in [0.4, 0.5) is 0 Å². The lowest BCUT2D eigenvalue weighted by Gasteiger charge is -2.32. The van der Waals surface area contributed by atoms with E-state index in [0.29, 0.717) is 5.82 Å². The molecule has 1 aliphatic heterocycles. The second kappa shape index (κ2) is 9.15. The first-order valence-electron chi connectivity index (χ1n) is 13.7. The largest absolute Gasteiger partial charge is 0.494 e. The number of benzene rings is 4. The Labute approximate surface area is 234 Å². The standard InChI is InChI=1S/C34H30BN3O2/c1-33(2)34(3,4)40-35(39-33)25-19-20-27-26-17-11-12-18-29(26)38(30(27)21-25)31-22-28(23-13-7-5-8-14-23)36-32(37-31)24-15-9-6-10-16-24/h5-22H,1-4H3. The van der Waals surface area contributed by atoms with Crippen molar-refractivity contribution in [2.24, 2.45) is 0 Å². The second-order valence-electron chi connectivity index (χ2n) is 11.4. The summed E-state index contributed by atoms with van der Waals surface area (Å²) in [7, 11) is -0.453. The fourth-order valence-electron chi connectivity index (χ4n) is 5.38. The molecule has 40 heavy (non-hydrogen) atoms. The quantitative estimate of drug-likeness (QED) is 0.229. The van der Waals surface area contributed by atoms with Crippen LogP contribution in [0.3, 0.4) is 0 Å². The highest BCUT2D eigenvalue weighted by molar-refractivity contribution is 6.62. The SMILES string of the molecule is CC1(C)OB(c2ccc3c4ccccc4n(-c4cc(-c5ccccc5)nc(-c5ccccc5)n4)c3c2)OC1(C)C. The molecular weight excluding hydrogens is 493 g/mol. The summed E-state index contributed by atoms with van der Waals surface area (Å²) in [6.07, 6.45) is 0. The molecule has 0 spiro atoms. The van der Waals surface area contributed by atoms with Gasteiger partial charge in [0, 0.05) is 28.0 Å². The average Bonchev–Trinajstić information content (AvgIpc) is 3.42. The third-order valence-corrected chi connectivity index (χ3v) is 8.27. The summed E-state index contributed by atoms with van der Waals surface area (Å²) in [4.78, 5) is 10.1. The number of hydrogen-bond donors (Lipinski definition) is 0. The lowest BCUT2D eigenvalue weighted by molar-refractivity contribution is 0.00578. The van der Waals surface area contributed by atoms with E-state index in [2.05, 4.69) is 105 Å². The molecule has 0 atom stereocenters. The predicted octanol–water partition coefficient (Wildman–Crippen LogP) is 7.21. The summed E-state index contributed by atoms with van der Waals surface area (Å²) in [5.41, 5.74) is 5.17. The van der Waals surface area contributed by atoms with Crippen molar-refractivity contribution in [3.63, 3.8) is 0 Å². The van der Waals surface area contributed by atoms with Gasteiger partial charge < -0.3 is 9.31 Å². The summed E-state index contributed by atoms with van der Waals surface area (Å²) in [6.45, 7) is 8.33. The molecule has 1 fully saturated rings. The Balaban J connectivity index is 1.48. The van der Waals surface area contributed by atoms with E-state index >= 15 is 0 Å². The topological polar surface area (TPSA) is 49.2 Å². The smallest absolute Gasteiger partial charge is 0.399 e. The maximum absolute atomic E-state index is 6.42. The maximum Gasteiger partial charge on any atom is 0.494 e. The van der Waals surface area contributed by atoms with Crippen molar-refractivity contribution in [1.29, 1.82) is 0 Å². The minimum atomic E-state index is -0.453. The Morgan fingerprint density at radius 3 is 1.90 bits per heavy atom. The number of para-hydroxylation sites is 1. The van der Waals surface area contributed by atoms with Crippen molar-refractivity contribution in [3.8, 4) is 28.5 Å². The molecule has 196 valence electrons. The molecule has 0 unspecified atom stereocenters. The molecule has 0 bridgehead atoms. The molecule has 4 aromatic carbocycles. The lowest BCUT2D eigenvalue weighted by Crippen LogP contribution is -2.41. The summed E-state index contributed by atoms with van der Waals surface area (Å²) in [5.74, 6) is 1.50. The molecule has 1 saturated heterocycles. The Hall–Kier alpha value is -4.26. The number of hydrogen-bond acceptors (Lipinski definition) is 4. The van der Waals surface area contributed by atoms with Crippen LogP contribution in [0, 0.1) is 0 Å². The first-order valence-corrected chi connectivity index (χ1v) is 13.7. The molecule has 3 heterocycles. The molecule has 0 N–H and O–H groups in total. The molecule has 0 amide bonds. The Morgan fingerprint density at radius 1 is 0.600 bits per heavy atom. The summed E-state index contributed by atoms with van der Waals surface area (Å²) < 4.78 is 15.1. The molecule has 0 saturated carbocycles. The highest BCUT2D eigenvalue weighted by Crippen LogP contribution is 2.38. The van der Waals surface area contributed by atoms with E-state index < -0.39 is 18.3 Å². The van der Waals surface area contributed by atoms with Crippen molar-refractivity contribution in [1.82, 2.24) is 14.5 Å². The lowest BCUT2D eigenvalue weighted by atomic mass is 9.79. The molecule has 7 rings (SSSR count). The Kier molecular flexibility index (Phi) is 5.67. The van der Waals surface area contributed by atoms with Crippen molar-refractivity contribution in [2.45, 2.75) is 38.9 Å². The van der Waals surface area contributed by atoms with Crippen molar-refractivity contribution in [3.05, 3.63) is 109 Å². The van der Waals surface area contributed by atoms with Crippen molar-refractivity contribution in [2.75, 3.05) is 0 Å². The average molecular weight is 523 g/mol. The van der Waals surface area contributed by atoms with E-state index in [-0.39, 0.29) is 0 Å². The highest BCUT2D eigenvalue weighted by atomic mass is 16.7. The van der Waals surface area contributed by atoms with E-state index in [9.17, 15) is 0 Å². The molecule has 6 aromatic rings. The van der Waals surface area contributed by atoms with Gasteiger partial charge in [-0.25, -0.2) is 9.97 Å². The van der Waals surface area contributed by atoms with E-state index in [1.165, 1.54) is 5.39 Å². The summed E-state index contributed by atoms with van der Waals surface area (Å²) in [5, 5.41) is 2.32. The van der Waals surface area contributed by atoms with Crippen LogP contribution in [0.25, 0.3) is 50.3 Å². The van der Waals surface area contributed by atoms with Crippen LogP contribution >= 0.6 is 0 Å². The number of rotatable bonds is 4. The third kappa shape index (κ3) is 4.03. The van der Waals surface area contributed by atoms with Gasteiger partial charge in [0.25, 0.3) is 0 Å².